The maximum absolute atomic E-state index is 12.2. The number of para-hydroxylation sites is 1. The SMILES string of the molecule is COc1ccc(CCNC(=O)CN(C(C)=O)c2ccccc2Cl)cc1. The van der Waals surface area contributed by atoms with Crippen molar-refractivity contribution in [3.63, 3.8) is 0 Å². The summed E-state index contributed by atoms with van der Waals surface area (Å²) in [6.45, 7) is 1.83. The Morgan fingerprint density at radius 2 is 1.80 bits per heavy atom. The van der Waals surface area contributed by atoms with Crippen LogP contribution in [-0.2, 0) is 16.0 Å². The van der Waals surface area contributed by atoms with Crippen LogP contribution in [0.4, 0.5) is 5.69 Å². The van der Waals surface area contributed by atoms with E-state index in [2.05, 4.69) is 5.32 Å². The van der Waals surface area contributed by atoms with Gasteiger partial charge in [-0.1, -0.05) is 35.9 Å². The van der Waals surface area contributed by atoms with Gasteiger partial charge in [0.25, 0.3) is 0 Å². The lowest BCUT2D eigenvalue weighted by Crippen LogP contribution is -2.40. The maximum Gasteiger partial charge on any atom is 0.240 e. The van der Waals surface area contributed by atoms with Crippen LogP contribution >= 0.6 is 11.6 Å². The number of benzene rings is 2. The van der Waals surface area contributed by atoms with Gasteiger partial charge in [-0.3, -0.25) is 9.59 Å². The number of anilines is 1. The molecule has 0 saturated heterocycles. The van der Waals surface area contributed by atoms with E-state index in [1.807, 2.05) is 24.3 Å². The lowest BCUT2D eigenvalue weighted by atomic mass is 10.1. The summed E-state index contributed by atoms with van der Waals surface area (Å²) in [4.78, 5) is 25.4. The minimum Gasteiger partial charge on any atom is -0.497 e. The Balaban J connectivity index is 1.89. The molecule has 2 aromatic rings. The molecule has 6 heteroatoms. The number of methoxy groups -OCH3 is 1. The van der Waals surface area contributed by atoms with E-state index in [4.69, 9.17) is 16.3 Å². The van der Waals surface area contributed by atoms with Crippen molar-refractivity contribution in [3.05, 3.63) is 59.1 Å². The van der Waals surface area contributed by atoms with Gasteiger partial charge in [-0.2, -0.15) is 0 Å². The molecule has 0 aliphatic heterocycles. The van der Waals surface area contributed by atoms with Crippen molar-refractivity contribution in [2.45, 2.75) is 13.3 Å². The van der Waals surface area contributed by atoms with E-state index in [1.165, 1.54) is 11.8 Å². The zero-order chi connectivity index (χ0) is 18.2. The Morgan fingerprint density at radius 3 is 2.40 bits per heavy atom. The predicted octanol–water partition coefficient (Wildman–Crippen LogP) is 3.06. The maximum atomic E-state index is 12.2. The highest BCUT2D eigenvalue weighted by molar-refractivity contribution is 6.33. The molecule has 0 radical (unpaired) electrons. The van der Waals surface area contributed by atoms with E-state index < -0.39 is 0 Å². The normalized spacial score (nSPS) is 10.2. The van der Waals surface area contributed by atoms with Gasteiger partial charge in [0.1, 0.15) is 12.3 Å². The van der Waals surface area contributed by atoms with Gasteiger partial charge in [0, 0.05) is 13.5 Å². The fourth-order valence-corrected chi connectivity index (χ4v) is 2.61. The summed E-state index contributed by atoms with van der Waals surface area (Å²) in [6, 6.07) is 14.6. The molecule has 0 bridgehead atoms. The Morgan fingerprint density at radius 1 is 1.12 bits per heavy atom. The fraction of sp³-hybridized carbons (Fsp3) is 0.263. The van der Waals surface area contributed by atoms with Crippen molar-refractivity contribution >= 4 is 29.1 Å². The van der Waals surface area contributed by atoms with Crippen molar-refractivity contribution in [1.82, 2.24) is 5.32 Å². The molecule has 0 saturated carbocycles. The van der Waals surface area contributed by atoms with Gasteiger partial charge in [-0.05, 0) is 36.2 Å². The molecule has 0 aromatic heterocycles. The monoisotopic (exact) mass is 360 g/mol. The first-order chi connectivity index (χ1) is 12.0. The highest BCUT2D eigenvalue weighted by atomic mass is 35.5. The van der Waals surface area contributed by atoms with Gasteiger partial charge in [0.15, 0.2) is 0 Å². The van der Waals surface area contributed by atoms with Crippen LogP contribution in [-0.4, -0.2) is 32.0 Å². The number of carbonyl (C=O) groups is 2. The van der Waals surface area contributed by atoms with Gasteiger partial charge < -0.3 is 15.0 Å². The van der Waals surface area contributed by atoms with Gasteiger partial charge in [-0.25, -0.2) is 0 Å². The van der Waals surface area contributed by atoms with Crippen LogP contribution in [0.15, 0.2) is 48.5 Å². The summed E-state index contributed by atoms with van der Waals surface area (Å²) < 4.78 is 5.11. The van der Waals surface area contributed by atoms with Crippen LogP contribution in [0.3, 0.4) is 0 Å². The van der Waals surface area contributed by atoms with Gasteiger partial charge in [0.2, 0.25) is 11.8 Å². The number of halogens is 1. The number of rotatable bonds is 7. The van der Waals surface area contributed by atoms with Crippen LogP contribution in [0.2, 0.25) is 5.02 Å². The summed E-state index contributed by atoms with van der Waals surface area (Å²) in [5.41, 5.74) is 1.62. The molecule has 25 heavy (non-hydrogen) atoms. The third-order valence-corrected chi connectivity index (χ3v) is 4.04. The molecule has 0 unspecified atom stereocenters. The topological polar surface area (TPSA) is 58.6 Å². The van der Waals surface area contributed by atoms with E-state index in [0.29, 0.717) is 23.7 Å². The fourth-order valence-electron chi connectivity index (χ4n) is 2.37. The number of hydrogen-bond acceptors (Lipinski definition) is 3. The Bertz CT molecular complexity index is 732. The number of ether oxygens (including phenoxy) is 1. The Kier molecular flexibility index (Phi) is 6.83. The van der Waals surface area contributed by atoms with E-state index in [-0.39, 0.29) is 18.4 Å². The second kappa shape index (κ2) is 9.08. The zero-order valence-electron chi connectivity index (χ0n) is 14.3. The van der Waals surface area contributed by atoms with Crippen LogP contribution in [0.5, 0.6) is 5.75 Å². The molecule has 1 N–H and O–H groups in total. The summed E-state index contributed by atoms with van der Waals surface area (Å²) >= 11 is 6.12. The van der Waals surface area contributed by atoms with Crippen LogP contribution < -0.4 is 15.0 Å². The molecular formula is C19H21ClN2O3. The average Bonchev–Trinajstić information content (AvgIpc) is 2.61. The van der Waals surface area contributed by atoms with Crippen molar-refractivity contribution in [1.29, 1.82) is 0 Å². The largest absolute Gasteiger partial charge is 0.497 e. The van der Waals surface area contributed by atoms with Crippen LogP contribution in [0.25, 0.3) is 0 Å². The number of amides is 2. The van der Waals surface area contributed by atoms with Crippen molar-refractivity contribution in [3.8, 4) is 5.75 Å². The molecule has 2 amide bonds. The predicted molar refractivity (Wildman–Crippen MR) is 99.2 cm³/mol. The Labute approximate surface area is 152 Å². The second-order valence-electron chi connectivity index (χ2n) is 5.50. The van der Waals surface area contributed by atoms with E-state index in [0.717, 1.165) is 11.3 Å². The first kappa shape index (κ1) is 18.8. The number of carbonyl (C=O) groups excluding carboxylic acids is 2. The van der Waals surface area contributed by atoms with E-state index in [9.17, 15) is 9.59 Å². The average molecular weight is 361 g/mol. The third kappa shape index (κ3) is 5.50. The molecule has 0 aliphatic carbocycles. The lowest BCUT2D eigenvalue weighted by Gasteiger charge is -2.21. The lowest BCUT2D eigenvalue weighted by molar-refractivity contribution is -0.123. The van der Waals surface area contributed by atoms with Crippen LogP contribution in [0.1, 0.15) is 12.5 Å². The first-order valence-corrected chi connectivity index (χ1v) is 8.31. The van der Waals surface area contributed by atoms with Gasteiger partial charge >= 0.3 is 0 Å². The highest BCUT2D eigenvalue weighted by Crippen LogP contribution is 2.25. The van der Waals surface area contributed by atoms with Gasteiger partial charge in [0.05, 0.1) is 17.8 Å². The quantitative estimate of drug-likeness (QED) is 0.825. The minimum absolute atomic E-state index is 0.0678. The first-order valence-electron chi connectivity index (χ1n) is 7.93. The number of nitrogens with one attached hydrogen (secondary N) is 1. The number of hydrogen-bond donors (Lipinski definition) is 1. The highest BCUT2D eigenvalue weighted by Gasteiger charge is 2.17. The molecule has 0 atom stereocenters. The van der Waals surface area contributed by atoms with E-state index >= 15 is 0 Å². The standard InChI is InChI=1S/C19H21ClN2O3/c1-14(23)22(18-6-4-3-5-17(18)20)13-19(24)21-12-11-15-7-9-16(25-2)10-8-15/h3-10H,11-13H2,1-2H3,(H,21,24). The summed E-state index contributed by atoms with van der Waals surface area (Å²) in [5, 5.41) is 3.26. The van der Waals surface area contributed by atoms with Crippen molar-refractivity contribution in [2.24, 2.45) is 0 Å². The molecule has 0 aliphatic rings. The summed E-state index contributed by atoms with van der Waals surface area (Å²) in [7, 11) is 1.62. The summed E-state index contributed by atoms with van der Waals surface area (Å²) in [6.07, 6.45) is 0.696. The molecule has 0 spiro atoms. The Hall–Kier alpha value is -2.53. The molecule has 0 heterocycles. The molecule has 2 aromatic carbocycles. The molecule has 0 fully saturated rings. The van der Waals surface area contributed by atoms with Crippen molar-refractivity contribution in [2.75, 3.05) is 25.1 Å². The second-order valence-corrected chi connectivity index (χ2v) is 5.91. The van der Waals surface area contributed by atoms with Crippen LogP contribution in [0, 0.1) is 0 Å². The van der Waals surface area contributed by atoms with Crippen molar-refractivity contribution < 1.29 is 14.3 Å². The smallest absolute Gasteiger partial charge is 0.240 e. The number of nitrogens with zero attached hydrogens (tertiary/aromatic N) is 1. The van der Waals surface area contributed by atoms with Gasteiger partial charge in [-0.15, -0.1) is 0 Å². The minimum atomic E-state index is -0.238. The summed E-state index contributed by atoms with van der Waals surface area (Å²) in [5.74, 6) is 0.326. The molecule has 5 nitrogen and oxygen atoms in total. The molecule has 2 rings (SSSR count). The third-order valence-electron chi connectivity index (χ3n) is 3.72. The molecule has 132 valence electrons. The zero-order valence-corrected chi connectivity index (χ0v) is 15.0. The van der Waals surface area contributed by atoms with E-state index in [1.54, 1.807) is 31.4 Å². The molecular weight excluding hydrogens is 340 g/mol.